The summed E-state index contributed by atoms with van der Waals surface area (Å²) in [6, 6.07) is 7.04. The lowest BCUT2D eigenvalue weighted by atomic mass is 9.86. The molecule has 4 rings (SSSR count). The van der Waals surface area contributed by atoms with E-state index in [-0.39, 0.29) is 17.6 Å². The molecule has 2 aliphatic rings. The van der Waals surface area contributed by atoms with Gasteiger partial charge >= 0.3 is 12.4 Å². The molecule has 1 amide bonds. The van der Waals surface area contributed by atoms with Gasteiger partial charge in [-0.1, -0.05) is 46.9 Å². The number of aromatic nitrogens is 1. The zero-order valence-corrected chi connectivity index (χ0v) is 22.2. The summed E-state index contributed by atoms with van der Waals surface area (Å²) in [6.07, 6.45) is -6.50. The number of nitrogens with zero attached hydrogens (tertiary/aromatic N) is 2. The predicted octanol–water partition coefficient (Wildman–Crippen LogP) is 7.63. The van der Waals surface area contributed by atoms with E-state index >= 15 is 0 Å². The van der Waals surface area contributed by atoms with Crippen LogP contribution in [0.1, 0.15) is 44.2 Å². The largest absolute Gasteiger partial charge is 0.433 e. The van der Waals surface area contributed by atoms with Gasteiger partial charge in [0.1, 0.15) is 11.5 Å². The number of pyridine rings is 1. The fraction of sp³-hybridized carbons (Fsp3) is 0.462. The molecule has 1 aromatic heterocycles. The molecule has 0 aliphatic heterocycles. The van der Waals surface area contributed by atoms with Gasteiger partial charge in [0.2, 0.25) is 5.91 Å². The molecule has 0 saturated heterocycles. The molecular formula is C26H25F7IN3O. The lowest BCUT2D eigenvalue weighted by Gasteiger charge is -2.39. The number of alkyl halides is 7. The summed E-state index contributed by atoms with van der Waals surface area (Å²) in [5.74, 6) is -2.64. The van der Waals surface area contributed by atoms with Crippen LogP contribution < -0.4 is 10.2 Å². The first-order chi connectivity index (χ1) is 17.9. The second-order valence-corrected chi connectivity index (χ2v) is 10.2. The van der Waals surface area contributed by atoms with Gasteiger partial charge in [-0.15, -0.1) is 0 Å². The summed E-state index contributed by atoms with van der Waals surface area (Å²) in [6.45, 7) is 0. The second kappa shape index (κ2) is 11.4. The minimum atomic E-state index is -4.67. The van der Waals surface area contributed by atoms with Crippen molar-refractivity contribution in [3.63, 3.8) is 0 Å². The smallest absolute Gasteiger partial charge is 0.359 e. The van der Waals surface area contributed by atoms with Gasteiger partial charge < -0.3 is 10.2 Å². The molecule has 1 unspecified atom stereocenters. The first kappa shape index (κ1) is 28.6. The van der Waals surface area contributed by atoms with E-state index in [4.69, 9.17) is 0 Å². The maximum absolute atomic E-state index is 13.7. The van der Waals surface area contributed by atoms with Crippen molar-refractivity contribution >= 4 is 45.1 Å². The van der Waals surface area contributed by atoms with Gasteiger partial charge in [0, 0.05) is 47.5 Å². The molecular weight excluding hydrogens is 630 g/mol. The Morgan fingerprint density at radius 1 is 1.08 bits per heavy atom. The molecule has 1 saturated carbocycles. The van der Waals surface area contributed by atoms with Crippen LogP contribution in [0.2, 0.25) is 0 Å². The van der Waals surface area contributed by atoms with Crippen LogP contribution in [0, 0.1) is 5.92 Å². The Morgan fingerprint density at radius 3 is 2.50 bits per heavy atom. The number of para-hydroxylation sites is 1. The highest BCUT2D eigenvalue weighted by Crippen LogP contribution is 2.40. The predicted molar refractivity (Wildman–Crippen MR) is 138 cm³/mol. The third-order valence-corrected chi connectivity index (χ3v) is 7.69. The number of carbonyl (C=O) groups excluding carboxylic acids is 1. The molecule has 1 N–H and O–H groups in total. The highest BCUT2D eigenvalue weighted by atomic mass is 127. The van der Waals surface area contributed by atoms with E-state index in [1.54, 1.807) is 18.2 Å². The number of halogens is 8. The number of carbonyl (C=O) groups is 1. The average molecular weight is 655 g/mol. The third kappa shape index (κ3) is 6.60. The van der Waals surface area contributed by atoms with Crippen LogP contribution in [-0.4, -0.2) is 33.7 Å². The molecule has 4 nitrogen and oxygen atoms in total. The molecule has 2 aromatic rings. The topological polar surface area (TPSA) is 45.2 Å². The Morgan fingerprint density at radius 2 is 1.82 bits per heavy atom. The highest BCUT2D eigenvalue weighted by molar-refractivity contribution is 14.1. The molecule has 1 aromatic carbocycles. The molecule has 1 fully saturated rings. The molecule has 12 heteroatoms. The number of allylic oxidation sites excluding steroid dienone is 4. The van der Waals surface area contributed by atoms with Crippen molar-refractivity contribution in [3.05, 3.63) is 59.6 Å². The molecule has 0 spiro atoms. The van der Waals surface area contributed by atoms with Crippen LogP contribution in [0.15, 0.2) is 53.9 Å². The normalized spacial score (nSPS) is 22.6. The van der Waals surface area contributed by atoms with Crippen molar-refractivity contribution in [1.82, 2.24) is 10.3 Å². The van der Waals surface area contributed by atoms with Gasteiger partial charge in [0.05, 0.1) is 10.1 Å². The number of hydrogen-bond donors (Lipinski definition) is 1. The number of hydrogen-bond acceptors (Lipinski definition) is 3. The standard InChI is InChI=1S/C26H25F7IN3O/c27-16-8-9-20(25(28,29)30)15(10-16)11-24(38)35-17-4-3-5-18(12-17)37(14-34)22-13-23(26(31,32)33)36-21-7-2-1-6-19(21)22/h1-2,6-9,13,15,17-18H,3-5,10-12,14H2,(H,35,38)/t15?,17-,18+/m1/s1. The number of amides is 1. The molecule has 206 valence electrons. The minimum absolute atomic E-state index is 0.210. The van der Waals surface area contributed by atoms with Crippen LogP contribution >= 0.6 is 22.6 Å². The van der Waals surface area contributed by atoms with Gasteiger partial charge in [-0.25, -0.2) is 9.37 Å². The van der Waals surface area contributed by atoms with E-state index in [9.17, 15) is 35.5 Å². The fourth-order valence-electron chi connectivity index (χ4n) is 5.22. The van der Waals surface area contributed by atoms with Crippen LogP contribution in [0.4, 0.5) is 36.4 Å². The van der Waals surface area contributed by atoms with Crippen LogP contribution in [-0.2, 0) is 11.0 Å². The summed E-state index contributed by atoms with van der Waals surface area (Å²) in [5, 5.41) is 3.36. The maximum Gasteiger partial charge on any atom is 0.433 e. The highest BCUT2D eigenvalue weighted by Gasteiger charge is 2.41. The van der Waals surface area contributed by atoms with E-state index in [2.05, 4.69) is 32.9 Å². The average Bonchev–Trinajstić information content (AvgIpc) is 2.83. The Bertz CT molecular complexity index is 1240. The van der Waals surface area contributed by atoms with Crippen molar-refractivity contribution in [2.24, 2.45) is 5.92 Å². The number of rotatable bonds is 6. The summed E-state index contributed by atoms with van der Waals surface area (Å²) in [5.41, 5.74) is -1.32. The summed E-state index contributed by atoms with van der Waals surface area (Å²) in [4.78, 5) is 18.4. The Hall–Kier alpha value is -2.38. The number of benzene rings is 1. The molecule has 3 atom stereocenters. The number of anilines is 1. The second-order valence-electron chi connectivity index (χ2n) is 9.55. The molecule has 2 aliphatic carbocycles. The SMILES string of the molecule is O=C(CC1CC(F)=CC=C1C(F)(F)F)N[C@@H]1CCC[C@H](N(CI)c2cc(C(F)(F)F)nc3ccccc23)C1. The van der Waals surface area contributed by atoms with Crippen molar-refractivity contribution in [1.29, 1.82) is 0 Å². The van der Waals surface area contributed by atoms with Crippen molar-refractivity contribution in [3.8, 4) is 0 Å². The zero-order valence-electron chi connectivity index (χ0n) is 20.0. The van der Waals surface area contributed by atoms with E-state index in [1.165, 1.54) is 6.07 Å². The van der Waals surface area contributed by atoms with Crippen molar-refractivity contribution in [2.75, 3.05) is 9.45 Å². The third-order valence-electron chi connectivity index (χ3n) is 6.96. The van der Waals surface area contributed by atoms with Crippen molar-refractivity contribution < 1.29 is 35.5 Å². The molecule has 1 heterocycles. The Kier molecular flexibility index (Phi) is 8.58. The first-order valence-corrected chi connectivity index (χ1v) is 13.6. The van der Waals surface area contributed by atoms with Gasteiger partial charge in [0.15, 0.2) is 0 Å². The number of fused-ring (bicyclic) bond motifs is 1. The van der Waals surface area contributed by atoms with E-state index < -0.39 is 54.1 Å². The van der Waals surface area contributed by atoms with Crippen LogP contribution in [0.3, 0.4) is 0 Å². The summed E-state index contributed by atoms with van der Waals surface area (Å²) in [7, 11) is 0. The lowest BCUT2D eigenvalue weighted by Crippen LogP contribution is -2.46. The first-order valence-electron chi connectivity index (χ1n) is 12.1. The van der Waals surface area contributed by atoms with E-state index in [1.807, 2.05) is 4.90 Å². The van der Waals surface area contributed by atoms with E-state index in [0.29, 0.717) is 47.4 Å². The van der Waals surface area contributed by atoms with Gasteiger partial charge in [-0.2, -0.15) is 26.3 Å². The summed E-state index contributed by atoms with van der Waals surface area (Å²) >= 11 is 2.08. The monoisotopic (exact) mass is 655 g/mol. The quantitative estimate of drug-likeness (QED) is 0.151. The van der Waals surface area contributed by atoms with Gasteiger partial charge in [-0.05, 0) is 43.9 Å². The Labute approximate surface area is 228 Å². The van der Waals surface area contributed by atoms with Crippen LogP contribution in [0.5, 0.6) is 0 Å². The minimum Gasteiger partial charge on any atom is -0.359 e. The van der Waals surface area contributed by atoms with E-state index in [0.717, 1.165) is 12.1 Å². The maximum atomic E-state index is 13.7. The van der Waals surface area contributed by atoms with Gasteiger partial charge in [0.25, 0.3) is 0 Å². The zero-order chi connectivity index (χ0) is 27.7. The van der Waals surface area contributed by atoms with Gasteiger partial charge in [-0.3, -0.25) is 4.79 Å². The van der Waals surface area contributed by atoms with Crippen LogP contribution in [0.25, 0.3) is 10.9 Å². The number of nitrogens with one attached hydrogen (secondary N) is 1. The molecule has 38 heavy (non-hydrogen) atoms. The summed E-state index contributed by atoms with van der Waals surface area (Å²) < 4.78 is 94.9. The fourth-order valence-corrected chi connectivity index (χ4v) is 6.15. The molecule has 0 radical (unpaired) electrons. The molecule has 0 bridgehead atoms. The Balaban J connectivity index is 1.50. The lowest BCUT2D eigenvalue weighted by molar-refractivity contribution is -0.141. The van der Waals surface area contributed by atoms with Crippen molar-refractivity contribution in [2.45, 2.75) is 63.0 Å².